The van der Waals surface area contributed by atoms with Crippen molar-refractivity contribution in [3.8, 4) is 0 Å². The van der Waals surface area contributed by atoms with Gasteiger partial charge in [0.05, 0.1) is 24.5 Å². The normalized spacial score (nSPS) is 12.4. The molecule has 22 heavy (non-hydrogen) atoms. The molecule has 9 heteroatoms. The van der Waals surface area contributed by atoms with Gasteiger partial charge in [0.1, 0.15) is 0 Å². The van der Waals surface area contributed by atoms with Crippen molar-refractivity contribution in [3.05, 3.63) is 24.2 Å². The van der Waals surface area contributed by atoms with Gasteiger partial charge in [-0.15, -0.1) is 5.10 Å². The number of urea groups is 1. The molecule has 2 aromatic heterocycles. The first-order valence-corrected chi connectivity index (χ1v) is 6.97. The monoisotopic (exact) mass is 307 g/mol. The Labute approximate surface area is 128 Å². The zero-order chi connectivity index (χ0) is 16.1. The van der Waals surface area contributed by atoms with Crippen molar-refractivity contribution in [2.45, 2.75) is 25.9 Å². The molecule has 9 nitrogen and oxygen atoms in total. The summed E-state index contributed by atoms with van der Waals surface area (Å²) in [4.78, 5) is 12.1. The van der Waals surface area contributed by atoms with Crippen LogP contribution in [0.1, 0.15) is 31.6 Å². The van der Waals surface area contributed by atoms with Crippen LogP contribution in [-0.4, -0.2) is 44.5 Å². The Morgan fingerprint density at radius 3 is 2.77 bits per heavy atom. The van der Waals surface area contributed by atoms with Gasteiger partial charge < -0.3 is 10.1 Å². The lowest BCUT2D eigenvalue weighted by Gasteiger charge is -2.18. The molecule has 0 bridgehead atoms. The molecule has 0 spiro atoms. The first kappa shape index (κ1) is 16.0. The Kier molecular flexibility index (Phi) is 5.10. The highest BCUT2D eigenvalue weighted by Gasteiger charge is 2.18. The van der Waals surface area contributed by atoms with Crippen LogP contribution in [0.4, 0.5) is 10.6 Å². The standard InChI is InChI=1S/C13H21N7O2/c1-9(2)20-7-12(17-18-20)16-13(21)15-10(8-22-4)11-5-6-14-19(11)3/h5-7,9-10H,8H2,1-4H3,(H2,15,16,21). The van der Waals surface area contributed by atoms with Crippen molar-refractivity contribution < 1.29 is 9.53 Å². The number of carbonyl (C=O) groups is 1. The Morgan fingerprint density at radius 2 is 2.23 bits per heavy atom. The lowest BCUT2D eigenvalue weighted by Crippen LogP contribution is -2.35. The Bertz CT molecular complexity index is 619. The fraction of sp³-hybridized carbons (Fsp3) is 0.538. The molecule has 0 aliphatic carbocycles. The van der Waals surface area contributed by atoms with Gasteiger partial charge in [-0.2, -0.15) is 5.10 Å². The third kappa shape index (κ3) is 3.82. The number of amides is 2. The smallest absolute Gasteiger partial charge is 0.321 e. The van der Waals surface area contributed by atoms with Gasteiger partial charge in [-0.1, -0.05) is 5.21 Å². The summed E-state index contributed by atoms with van der Waals surface area (Å²) in [6.45, 7) is 4.30. The van der Waals surface area contributed by atoms with Crippen molar-refractivity contribution in [2.24, 2.45) is 7.05 Å². The van der Waals surface area contributed by atoms with E-state index in [0.717, 1.165) is 5.69 Å². The number of carbonyl (C=O) groups excluding carboxylic acids is 1. The van der Waals surface area contributed by atoms with E-state index in [4.69, 9.17) is 4.74 Å². The summed E-state index contributed by atoms with van der Waals surface area (Å²) in [5, 5.41) is 17.4. The van der Waals surface area contributed by atoms with E-state index in [1.54, 1.807) is 28.9 Å². The second-order valence-electron chi connectivity index (χ2n) is 5.16. The molecule has 0 aromatic carbocycles. The lowest BCUT2D eigenvalue weighted by molar-refractivity contribution is 0.165. The van der Waals surface area contributed by atoms with E-state index in [1.165, 1.54) is 0 Å². The second kappa shape index (κ2) is 7.03. The molecule has 0 aliphatic rings. The number of ether oxygens (including phenoxy) is 1. The molecule has 0 aliphatic heterocycles. The molecule has 0 saturated carbocycles. The molecule has 2 heterocycles. The number of methoxy groups -OCH3 is 1. The van der Waals surface area contributed by atoms with Gasteiger partial charge in [-0.3, -0.25) is 10.00 Å². The molecule has 1 atom stereocenters. The molecule has 2 aromatic rings. The summed E-state index contributed by atoms with van der Waals surface area (Å²) in [5.74, 6) is 0.396. The number of nitrogens with one attached hydrogen (secondary N) is 2. The third-order valence-electron chi connectivity index (χ3n) is 3.14. The molecule has 1 unspecified atom stereocenters. The van der Waals surface area contributed by atoms with E-state index in [1.807, 2.05) is 27.0 Å². The molecule has 0 saturated heterocycles. The van der Waals surface area contributed by atoms with E-state index < -0.39 is 0 Å². The number of hydrogen-bond acceptors (Lipinski definition) is 5. The maximum absolute atomic E-state index is 12.1. The van der Waals surface area contributed by atoms with Crippen molar-refractivity contribution in [3.63, 3.8) is 0 Å². The summed E-state index contributed by atoms with van der Waals surface area (Å²) in [6.07, 6.45) is 3.35. The van der Waals surface area contributed by atoms with Crippen LogP contribution in [0.25, 0.3) is 0 Å². The predicted octanol–water partition coefficient (Wildman–Crippen LogP) is 1.10. The van der Waals surface area contributed by atoms with E-state index in [0.29, 0.717) is 12.4 Å². The molecular formula is C13H21N7O2. The summed E-state index contributed by atoms with van der Waals surface area (Å²) in [5.41, 5.74) is 0.850. The van der Waals surface area contributed by atoms with E-state index in [-0.39, 0.29) is 18.1 Å². The van der Waals surface area contributed by atoms with Gasteiger partial charge in [0.25, 0.3) is 0 Å². The van der Waals surface area contributed by atoms with E-state index in [9.17, 15) is 4.79 Å². The maximum Gasteiger partial charge on any atom is 0.321 e. The number of nitrogens with zero attached hydrogens (tertiary/aromatic N) is 5. The van der Waals surface area contributed by atoms with Crippen LogP contribution in [0.3, 0.4) is 0 Å². The topological polar surface area (TPSA) is 98.9 Å². The van der Waals surface area contributed by atoms with Crippen molar-refractivity contribution >= 4 is 11.8 Å². The minimum Gasteiger partial charge on any atom is -0.382 e. The highest BCUT2D eigenvalue weighted by atomic mass is 16.5. The van der Waals surface area contributed by atoms with Crippen LogP contribution >= 0.6 is 0 Å². The molecule has 2 N–H and O–H groups in total. The van der Waals surface area contributed by atoms with Gasteiger partial charge in [0.15, 0.2) is 5.82 Å². The van der Waals surface area contributed by atoms with Crippen molar-refractivity contribution in [2.75, 3.05) is 19.0 Å². The summed E-state index contributed by atoms with van der Waals surface area (Å²) < 4.78 is 8.52. The van der Waals surface area contributed by atoms with Crippen molar-refractivity contribution in [1.82, 2.24) is 30.1 Å². The van der Waals surface area contributed by atoms with Crippen LogP contribution < -0.4 is 10.6 Å². The van der Waals surface area contributed by atoms with Gasteiger partial charge in [0.2, 0.25) is 0 Å². The first-order chi connectivity index (χ1) is 10.5. The fourth-order valence-corrected chi connectivity index (χ4v) is 1.99. The summed E-state index contributed by atoms with van der Waals surface area (Å²) in [6, 6.07) is 1.33. The minimum absolute atomic E-state index is 0.182. The van der Waals surface area contributed by atoms with Crippen LogP contribution in [0, 0.1) is 0 Å². The second-order valence-corrected chi connectivity index (χ2v) is 5.16. The number of anilines is 1. The number of aromatic nitrogens is 5. The Hall–Kier alpha value is -2.42. The average molecular weight is 307 g/mol. The highest BCUT2D eigenvalue weighted by molar-refractivity contribution is 5.88. The van der Waals surface area contributed by atoms with Gasteiger partial charge >= 0.3 is 6.03 Å². The average Bonchev–Trinajstić information content (AvgIpc) is 3.07. The van der Waals surface area contributed by atoms with E-state index in [2.05, 4.69) is 26.0 Å². The van der Waals surface area contributed by atoms with E-state index >= 15 is 0 Å². The SMILES string of the molecule is COCC(NC(=O)Nc1cn(C(C)C)nn1)c1ccnn1C. The maximum atomic E-state index is 12.1. The zero-order valence-electron chi connectivity index (χ0n) is 13.1. The number of aryl methyl sites for hydroxylation is 1. The number of rotatable bonds is 6. The number of hydrogen-bond donors (Lipinski definition) is 2. The fourth-order valence-electron chi connectivity index (χ4n) is 1.99. The van der Waals surface area contributed by atoms with Crippen molar-refractivity contribution in [1.29, 1.82) is 0 Å². The predicted molar refractivity (Wildman–Crippen MR) is 80.4 cm³/mol. The molecule has 0 fully saturated rings. The summed E-state index contributed by atoms with van der Waals surface area (Å²) >= 11 is 0. The summed E-state index contributed by atoms with van der Waals surface area (Å²) in [7, 11) is 3.39. The third-order valence-corrected chi connectivity index (χ3v) is 3.14. The Balaban J connectivity index is 2.00. The van der Waals surface area contributed by atoms with Gasteiger partial charge in [0, 0.05) is 26.4 Å². The largest absolute Gasteiger partial charge is 0.382 e. The quantitative estimate of drug-likeness (QED) is 0.832. The molecular weight excluding hydrogens is 286 g/mol. The van der Waals surface area contributed by atoms with Gasteiger partial charge in [-0.25, -0.2) is 9.48 Å². The molecule has 0 radical (unpaired) electrons. The van der Waals surface area contributed by atoms with Crippen LogP contribution in [0.5, 0.6) is 0 Å². The van der Waals surface area contributed by atoms with Crippen LogP contribution in [0.2, 0.25) is 0 Å². The molecule has 2 amide bonds. The molecule has 2 rings (SSSR count). The van der Waals surface area contributed by atoms with Crippen LogP contribution in [0.15, 0.2) is 18.5 Å². The van der Waals surface area contributed by atoms with Gasteiger partial charge in [-0.05, 0) is 19.9 Å². The lowest BCUT2D eigenvalue weighted by atomic mass is 10.2. The molecule has 120 valence electrons. The Morgan fingerprint density at radius 1 is 1.45 bits per heavy atom. The minimum atomic E-state index is -0.376. The first-order valence-electron chi connectivity index (χ1n) is 6.97. The zero-order valence-corrected chi connectivity index (χ0v) is 13.1. The van der Waals surface area contributed by atoms with Crippen LogP contribution in [-0.2, 0) is 11.8 Å². The highest BCUT2D eigenvalue weighted by Crippen LogP contribution is 2.12.